The number of nitro groups is 1. The SMILES string of the molecule is COc1ccc2[nH]cc(C3CCN(C(=O)COc4ccc([N+](=O)[O-])cc4)CC3)c2c1. The van der Waals surface area contributed by atoms with Crippen molar-refractivity contribution in [2.45, 2.75) is 18.8 Å². The lowest BCUT2D eigenvalue weighted by Crippen LogP contribution is -2.40. The molecule has 1 saturated heterocycles. The van der Waals surface area contributed by atoms with Crippen LogP contribution in [-0.4, -0.2) is 47.5 Å². The van der Waals surface area contributed by atoms with Crippen molar-refractivity contribution in [1.29, 1.82) is 0 Å². The summed E-state index contributed by atoms with van der Waals surface area (Å²) in [6.45, 7) is 1.26. The zero-order valence-electron chi connectivity index (χ0n) is 16.7. The summed E-state index contributed by atoms with van der Waals surface area (Å²) in [7, 11) is 1.66. The van der Waals surface area contributed by atoms with Crippen molar-refractivity contribution in [3.8, 4) is 11.5 Å². The molecule has 3 aromatic rings. The average molecular weight is 409 g/mol. The van der Waals surface area contributed by atoms with Crippen LogP contribution in [0.25, 0.3) is 10.9 Å². The quantitative estimate of drug-likeness (QED) is 0.492. The van der Waals surface area contributed by atoms with Gasteiger partial charge in [0, 0.05) is 42.3 Å². The van der Waals surface area contributed by atoms with E-state index in [2.05, 4.69) is 17.2 Å². The molecule has 8 heteroatoms. The van der Waals surface area contributed by atoms with E-state index in [1.807, 2.05) is 17.0 Å². The summed E-state index contributed by atoms with van der Waals surface area (Å²) < 4.78 is 10.9. The Balaban J connectivity index is 1.33. The maximum Gasteiger partial charge on any atom is 0.269 e. The van der Waals surface area contributed by atoms with E-state index in [1.165, 1.54) is 35.2 Å². The highest BCUT2D eigenvalue weighted by Crippen LogP contribution is 2.34. The number of nitrogens with one attached hydrogen (secondary N) is 1. The molecule has 1 fully saturated rings. The van der Waals surface area contributed by atoms with Gasteiger partial charge in [0.05, 0.1) is 12.0 Å². The first-order valence-electron chi connectivity index (χ1n) is 9.85. The maximum atomic E-state index is 12.5. The minimum atomic E-state index is -0.469. The number of piperidine rings is 1. The standard InChI is InChI=1S/C22H23N3O5/c1-29-18-6-7-21-19(12-18)20(13-23-21)15-8-10-24(11-9-15)22(26)14-30-17-4-2-16(3-5-17)25(27)28/h2-7,12-13,15,23H,8-11,14H2,1H3. The van der Waals surface area contributed by atoms with Gasteiger partial charge in [-0.1, -0.05) is 0 Å². The Morgan fingerprint density at radius 3 is 2.53 bits per heavy atom. The number of nitro benzene ring substituents is 1. The number of nitrogens with zero attached hydrogens (tertiary/aromatic N) is 2. The van der Waals surface area contributed by atoms with Crippen LogP contribution < -0.4 is 9.47 Å². The summed E-state index contributed by atoms with van der Waals surface area (Å²) in [4.78, 5) is 27.9. The van der Waals surface area contributed by atoms with E-state index in [4.69, 9.17) is 9.47 Å². The number of likely N-dealkylation sites (tertiary alicyclic amines) is 1. The van der Waals surface area contributed by atoms with Crippen LogP contribution in [-0.2, 0) is 4.79 Å². The minimum absolute atomic E-state index is 0.00866. The van der Waals surface area contributed by atoms with Crippen molar-refractivity contribution in [1.82, 2.24) is 9.88 Å². The van der Waals surface area contributed by atoms with Gasteiger partial charge in [-0.2, -0.15) is 0 Å². The third-order valence-electron chi connectivity index (χ3n) is 5.62. The topological polar surface area (TPSA) is 97.7 Å². The summed E-state index contributed by atoms with van der Waals surface area (Å²) in [5.41, 5.74) is 2.34. The molecule has 0 bridgehead atoms. The first-order chi connectivity index (χ1) is 14.5. The van der Waals surface area contributed by atoms with E-state index in [0.29, 0.717) is 24.8 Å². The summed E-state index contributed by atoms with van der Waals surface area (Å²) in [5.74, 6) is 1.58. The number of hydrogen-bond donors (Lipinski definition) is 1. The fourth-order valence-corrected chi connectivity index (χ4v) is 3.93. The van der Waals surface area contributed by atoms with Gasteiger partial charge in [-0.25, -0.2) is 0 Å². The summed E-state index contributed by atoms with van der Waals surface area (Å²) in [6, 6.07) is 11.7. The van der Waals surface area contributed by atoms with E-state index in [9.17, 15) is 14.9 Å². The number of amides is 1. The van der Waals surface area contributed by atoms with Crippen LogP contribution >= 0.6 is 0 Å². The minimum Gasteiger partial charge on any atom is -0.497 e. The normalized spacial score (nSPS) is 14.6. The van der Waals surface area contributed by atoms with Gasteiger partial charge >= 0.3 is 0 Å². The Labute approximate surface area is 173 Å². The van der Waals surface area contributed by atoms with Crippen LogP contribution in [0.4, 0.5) is 5.69 Å². The number of aromatic nitrogens is 1. The van der Waals surface area contributed by atoms with Crippen molar-refractivity contribution in [2.75, 3.05) is 26.8 Å². The van der Waals surface area contributed by atoms with Crippen molar-refractivity contribution < 1.29 is 19.2 Å². The average Bonchev–Trinajstić information content (AvgIpc) is 3.21. The molecule has 0 saturated carbocycles. The Hall–Kier alpha value is -3.55. The van der Waals surface area contributed by atoms with Gasteiger partial charge in [-0.15, -0.1) is 0 Å². The number of H-pyrrole nitrogens is 1. The second kappa shape index (κ2) is 8.44. The number of ether oxygens (including phenoxy) is 2. The van der Waals surface area contributed by atoms with Crippen molar-refractivity contribution in [3.05, 3.63) is 64.3 Å². The lowest BCUT2D eigenvalue weighted by atomic mass is 9.89. The summed E-state index contributed by atoms with van der Waals surface area (Å²) in [6.07, 6.45) is 3.82. The van der Waals surface area contributed by atoms with Crippen LogP contribution in [0.3, 0.4) is 0 Å². The Kier molecular flexibility index (Phi) is 5.56. The molecule has 1 aliphatic rings. The zero-order valence-corrected chi connectivity index (χ0v) is 16.7. The van der Waals surface area contributed by atoms with Crippen molar-refractivity contribution in [3.63, 3.8) is 0 Å². The third-order valence-corrected chi connectivity index (χ3v) is 5.62. The number of methoxy groups -OCH3 is 1. The van der Waals surface area contributed by atoms with Gasteiger partial charge in [0.25, 0.3) is 11.6 Å². The number of carbonyl (C=O) groups is 1. The van der Waals surface area contributed by atoms with E-state index in [1.54, 1.807) is 7.11 Å². The lowest BCUT2D eigenvalue weighted by Gasteiger charge is -2.32. The number of non-ortho nitro benzene ring substituents is 1. The second-order valence-electron chi connectivity index (χ2n) is 7.35. The maximum absolute atomic E-state index is 12.5. The first kappa shape index (κ1) is 19.8. The second-order valence-corrected chi connectivity index (χ2v) is 7.35. The predicted octanol–water partition coefficient (Wildman–Crippen LogP) is 3.87. The Bertz CT molecular complexity index is 1050. The van der Waals surface area contributed by atoms with Gasteiger partial charge in [-0.05, 0) is 54.7 Å². The number of benzene rings is 2. The van der Waals surface area contributed by atoms with Gasteiger partial charge < -0.3 is 19.4 Å². The van der Waals surface area contributed by atoms with Gasteiger partial charge in [0.15, 0.2) is 6.61 Å². The van der Waals surface area contributed by atoms with Crippen LogP contribution in [0.15, 0.2) is 48.7 Å². The number of aromatic amines is 1. The number of carbonyl (C=O) groups excluding carboxylic acids is 1. The molecule has 2 heterocycles. The predicted molar refractivity (Wildman–Crippen MR) is 112 cm³/mol. The van der Waals surface area contributed by atoms with E-state index in [-0.39, 0.29) is 18.2 Å². The molecule has 1 aliphatic heterocycles. The summed E-state index contributed by atoms with van der Waals surface area (Å²) >= 11 is 0. The molecule has 1 amide bonds. The highest BCUT2D eigenvalue weighted by molar-refractivity contribution is 5.85. The lowest BCUT2D eigenvalue weighted by molar-refractivity contribution is -0.384. The third kappa shape index (κ3) is 4.07. The molecular weight excluding hydrogens is 386 g/mol. The Morgan fingerprint density at radius 1 is 1.17 bits per heavy atom. The highest BCUT2D eigenvalue weighted by atomic mass is 16.6. The van der Waals surface area contributed by atoms with Gasteiger partial charge in [-0.3, -0.25) is 14.9 Å². The van der Waals surface area contributed by atoms with E-state index in [0.717, 1.165) is 24.1 Å². The van der Waals surface area contributed by atoms with Crippen LogP contribution in [0.5, 0.6) is 11.5 Å². The molecule has 0 aliphatic carbocycles. The largest absolute Gasteiger partial charge is 0.497 e. The van der Waals surface area contributed by atoms with Crippen molar-refractivity contribution >= 4 is 22.5 Å². The number of rotatable bonds is 6. The smallest absolute Gasteiger partial charge is 0.269 e. The molecule has 0 radical (unpaired) electrons. The molecule has 1 N–H and O–H groups in total. The monoisotopic (exact) mass is 409 g/mol. The zero-order chi connectivity index (χ0) is 21.1. The first-order valence-corrected chi connectivity index (χ1v) is 9.85. The fraction of sp³-hybridized carbons (Fsp3) is 0.318. The Morgan fingerprint density at radius 2 is 1.87 bits per heavy atom. The fourth-order valence-electron chi connectivity index (χ4n) is 3.93. The molecule has 30 heavy (non-hydrogen) atoms. The molecule has 1 aromatic heterocycles. The van der Waals surface area contributed by atoms with Crippen LogP contribution in [0.1, 0.15) is 24.3 Å². The molecule has 0 spiro atoms. The molecule has 0 atom stereocenters. The van der Waals surface area contributed by atoms with Gasteiger partial charge in [0.1, 0.15) is 11.5 Å². The molecule has 0 unspecified atom stereocenters. The molecule has 156 valence electrons. The number of fused-ring (bicyclic) bond motifs is 1. The van der Waals surface area contributed by atoms with Crippen molar-refractivity contribution in [2.24, 2.45) is 0 Å². The van der Waals surface area contributed by atoms with E-state index >= 15 is 0 Å². The van der Waals surface area contributed by atoms with Crippen LogP contribution in [0, 0.1) is 10.1 Å². The number of hydrogen-bond acceptors (Lipinski definition) is 5. The molecule has 2 aromatic carbocycles. The van der Waals surface area contributed by atoms with Gasteiger partial charge in [0.2, 0.25) is 0 Å². The molecule has 4 rings (SSSR count). The summed E-state index contributed by atoms with van der Waals surface area (Å²) in [5, 5.41) is 11.9. The van der Waals surface area contributed by atoms with E-state index < -0.39 is 4.92 Å². The molecule has 8 nitrogen and oxygen atoms in total. The molecular formula is C22H23N3O5. The van der Waals surface area contributed by atoms with Crippen LogP contribution in [0.2, 0.25) is 0 Å². The highest BCUT2D eigenvalue weighted by Gasteiger charge is 2.25.